The van der Waals surface area contributed by atoms with Gasteiger partial charge in [0.1, 0.15) is 0 Å². The van der Waals surface area contributed by atoms with Crippen LogP contribution in [0.3, 0.4) is 0 Å². The highest BCUT2D eigenvalue weighted by Gasteiger charge is 2.25. The van der Waals surface area contributed by atoms with E-state index in [0.717, 1.165) is 43.9 Å². The highest BCUT2D eigenvalue weighted by atomic mass is 16.1. The molecule has 1 aliphatic carbocycles. The smallest absolute Gasteiger partial charge is 0.223 e. The van der Waals surface area contributed by atoms with Gasteiger partial charge in [-0.15, -0.1) is 0 Å². The van der Waals surface area contributed by atoms with Crippen LogP contribution in [0.25, 0.3) is 10.9 Å². The largest absolute Gasteiger partial charge is 0.355 e. The molecule has 0 saturated heterocycles. The Bertz CT molecular complexity index is 722. The number of fused-ring (bicyclic) bond motifs is 1. The SMILES string of the molecule is CCC1CCC(C(=O)NCCN(C)Cc2ccc3ncccc3c2)CC1. The summed E-state index contributed by atoms with van der Waals surface area (Å²) in [7, 11) is 2.10. The van der Waals surface area contributed by atoms with Gasteiger partial charge in [-0.2, -0.15) is 0 Å². The van der Waals surface area contributed by atoms with Crippen LogP contribution in [-0.4, -0.2) is 35.9 Å². The number of aromatic nitrogens is 1. The molecule has 4 heteroatoms. The van der Waals surface area contributed by atoms with Gasteiger partial charge in [0.2, 0.25) is 5.91 Å². The second-order valence-corrected chi connectivity index (χ2v) is 7.69. The maximum absolute atomic E-state index is 12.3. The highest BCUT2D eigenvalue weighted by molar-refractivity contribution is 5.79. The maximum Gasteiger partial charge on any atom is 0.223 e. The molecule has 1 fully saturated rings. The fraction of sp³-hybridized carbons (Fsp3) is 0.545. The third-order valence-corrected chi connectivity index (χ3v) is 5.71. The van der Waals surface area contributed by atoms with Gasteiger partial charge in [0.05, 0.1) is 5.52 Å². The Morgan fingerprint density at radius 1 is 1.23 bits per heavy atom. The zero-order valence-corrected chi connectivity index (χ0v) is 16.1. The van der Waals surface area contributed by atoms with Crippen LogP contribution < -0.4 is 5.32 Å². The average molecular weight is 354 g/mol. The van der Waals surface area contributed by atoms with Gasteiger partial charge in [-0.1, -0.05) is 25.5 Å². The summed E-state index contributed by atoms with van der Waals surface area (Å²) in [4.78, 5) is 19.0. The van der Waals surface area contributed by atoms with Crippen LogP contribution in [0.2, 0.25) is 0 Å². The second-order valence-electron chi connectivity index (χ2n) is 7.69. The number of amides is 1. The van der Waals surface area contributed by atoms with Crippen LogP contribution in [0.15, 0.2) is 36.5 Å². The molecule has 26 heavy (non-hydrogen) atoms. The Balaban J connectivity index is 1.41. The van der Waals surface area contributed by atoms with Crippen molar-refractivity contribution in [2.24, 2.45) is 11.8 Å². The fourth-order valence-electron chi connectivity index (χ4n) is 3.96. The van der Waals surface area contributed by atoms with Gasteiger partial charge in [0, 0.05) is 37.1 Å². The summed E-state index contributed by atoms with van der Waals surface area (Å²) in [5.41, 5.74) is 2.31. The molecule has 140 valence electrons. The molecular weight excluding hydrogens is 322 g/mol. The summed E-state index contributed by atoms with van der Waals surface area (Å²) in [5, 5.41) is 4.32. The number of carbonyl (C=O) groups is 1. The van der Waals surface area contributed by atoms with E-state index in [2.05, 4.69) is 53.4 Å². The number of likely N-dealkylation sites (N-methyl/N-ethyl adjacent to an activating group) is 1. The molecule has 0 spiro atoms. The van der Waals surface area contributed by atoms with Crippen molar-refractivity contribution >= 4 is 16.8 Å². The van der Waals surface area contributed by atoms with Crippen LogP contribution in [-0.2, 0) is 11.3 Å². The van der Waals surface area contributed by atoms with E-state index in [0.29, 0.717) is 0 Å². The van der Waals surface area contributed by atoms with Crippen molar-refractivity contribution in [2.45, 2.75) is 45.6 Å². The molecule has 0 radical (unpaired) electrons. The predicted molar refractivity (Wildman–Crippen MR) is 107 cm³/mol. The van der Waals surface area contributed by atoms with Gasteiger partial charge in [-0.25, -0.2) is 0 Å². The summed E-state index contributed by atoms with van der Waals surface area (Å²) < 4.78 is 0. The first-order valence-electron chi connectivity index (χ1n) is 9.95. The highest BCUT2D eigenvalue weighted by Crippen LogP contribution is 2.30. The van der Waals surface area contributed by atoms with E-state index in [1.807, 2.05) is 12.3 Å². The number of benzene rings is 1. The van der Waals surface area contributed by atoms with Crippen molar-refractivity contribution in [3.8, 4) is 0 Å². The molecule has 1 aromatic carbocycles. The van der Waals surface area contributed by atoms with E-state index in [9.17, 15) is 4.79 Å². The minimum Gasteiger partial charge on any atom is -0.355 e. The van der Waals surface area contributed by atoms with E-state index in [1.165, 1.54) is 30.2 Å². The molecule has 1 saturated carbocycles. The molecule has 3 rings (SSSR count). The van der Waals surface area contributed by atoms with Crippen molar-refractivity contribution in [2.75, 3.05) is 20.1 Å². The average Bonchev–Trinajstić information content (AvgIpc) is 2.68. The molecule has 0 unspecified atom stereocenters. The van der Waals surface area contributed by atoms with Gasteiger partial charge in [-0.3, -0.25) is 9.78 Å². The first-order chi connectivity index (χ1) is 12.7. The van der Waals surface area contributed by atoms with Crippen molar-refractivity contribution in [3.63, 3.8) is 0 Å². The van der Waals surface area contributed by atoms with Gasteiger partial charge >= 0.3 is 0 Å². The van der Waals surface area contributed by atoms with Gasteiger partial charge in [0.15, 0.2) is 0 Å². The number of pyridine rings is 1. The predicted octanol–water partition coefficient (Wildman–Crippen LogP) is 4.00. The van der Waals surface area contributed by atoms with Crippen molar-refractivity contribution in [1.82, 2.24) is 15.2 Å². The van der Waals surface area contributed by atoms with E-state index in [1.54, 1.807) is 0 Å². The maximum atomic E-state index is 12.3. The molecule has 1 N–H and O–H groups in total. The quantitative estimate of drug-likeness (QED) is 0.818. The van der Waals surface area contributed by atoms with E-state index in [-0.39, 0.29) is 11.8 Å². The first kappa shape index (κ1) is 18.8. The van der Waals surface area contributed by atoms with Crippen molar-refractivity contribution in [3.05, 3.63) is 42.1 Å². The van der Waals surface area contributed by atoms with E-state index >= 15 is 0 Å². The van der Waals surface area contributed by atoms with E-state index in [4.69, 9.17) is 0 Å². The molecule has 1 aliphatic rings. The number of nitrogens with zero attached hydrogens (tertiary/aromatic N) is 2. The van der Waals surface area contributed by atoms with Crippen LogP contribution >= 0.6 is 0 Å². The van der Waals surface area contributed by atoms with Gasteiger partial charge < -0.3 is 10.2 Å². The Hall–Kier alpha value is -1.94. The number of hydrogen-bond acceptors (Lipinski definition) is 3. The molecule has 1 amide bonds. The molecule has 1 heterocycles. The number of carbonyl (C=O) groups excluding carboxylic acids is 1. The summed E-state index contributed by atoms with van der Waals surface area (Å²) in [6, 6.07) is 10.5. The monoisotopic (exact) mass is 353 g/mol. The lowest BCUT2D eigenvalue weighted by molar-refractivity contribution is -0.126. The van der Waals surface area contributed by atoms with Crippen LogP contribution in [0.1, 0.15) is 44.6 Å². The fourth-order valence-corrected chi connectivity index (χ4v) is 3.96. The standard InChI is InChI=1S/C22H31N3O/c1-3-17-6-9-19(10-7-17)22(26)24-13-14-25(2)16-18-8-11-21-20(15-18)5-4-12-23-21/h4-5,8,11-12,15,17,19H,3,6-7,9-10,13-14,16H2,1-2H3,(H,24,26). The minimum absolute atomic E-state index is 0.232. The molecule has 1 aromatic heterocycles. The third kappa shape index (κ3) is 5.04. The zero-order chi connectivity index (χ0) is 18.4. The summed E-state index contributed by atoms with van der Waals surface area (Å²) in [5.74, 6) is 1.32. The molecule has 4 nitrogen and oxygen atoms in total. The normalized spacial score (nSPS) is 20.4. The topological polar surface area (TPSA) is 45.2 Å². The lowest BCUT2D eigenvalue weighted by atomic mass is 9.80. The number of nitrogens with one attached hydrogen (secondary N) is 1. The lowest BCUT2D eigenvalue weighted by Gasteiger charge is -2.27. The molecule has 0 atom stereocenters. The number of rotatable bonds is 7. The Morgan fingerprint density at radius 3 is 2.81 bits per heavy atom. The van der Waals surface area contributed by atoms with Crippen LogP contribution in [0.5, 0.6) is 0 Å². The molecule has 2 aromatic rings. The van der Waals surface area contributed by atoms with Gasteiger partial charge in [0.25, 0.3) is 0 Å². The Morgan fingerprint density at radius 2 is 2.04 bits per heavy atom. The summed E-state index contributed by atoms with van der Waals surface area (Å²) >= 11 is 0. The third-order valence-electron chi connectivity index (χ3n) is 5.71. The molecular formula is C22H31N3O. The van der Waals surface area contributed by atoms with Crippen molar-refractivity contribution < 1.29 is 4.79 Å². The van der Waals surface area contributed by atoms with Crippen molar-refractivity contribution in [1.29, 1.82) is 0 Å². The number of hydrogen-bond donors (Lipinski definition) is 1. The zero-order valence-electron chi connectivity index (χ0n) is 16.1. The molecule has 0 bridgehead atoms. The second kappa shape index (κ2) is 9.13. The van der Waals surface area contributed by atoms with E-state index < -0.39 is 0 Å². The lowest BCUT2D eigenvalue weighted by Crippen LogP contribution is -2.37. The summed E-state index contributed by atoms with van der Waals surface area (Å²) in [6.07, 6.45) is 7.63. The summed E-state index contributed by atoms with van der Waals surface area (Å²) in [6.45, 7) is 4.72. The Kier molecular flexibility index (Phi) is 6.62. The van der Waals surface area contributed by atoms with Crippen LogP contribution in [0.4, 0.5) is 0 Å². The van der Waals surface area contributed by atoms with Gasteiger partial charge in [-0.05, 0) is 62.4 Å². The minimum atomic E-state index is 0.232. The Labute approximate surface area is 157 Å². The van der Waals surface area contributed by atoms with Crippen LogP contribution in [0, 0.1) is 11.8 Å². The molecule has 0 aliphatic heterocycles. The first-order valence-corrected chi connectivity index (χ1v) is 9.95.